The lowest BCUT2D eigenvalue weighted by Gasteiger charge is -2.18. The Bertz CT molecular complexity index is 112. The van der Waals surface area contributed by atoms with Gasteiger partial charge in [0.25, 0.3) is 0 Å². The molecule has 12 heavy (non-hydrogen) atoms. The van der Waals surface area contributed by atoms with E-state index in [1.54, 1.807) is 0 Å². The van der Waals surface area contributed by atoms with Gasteiger partial charge in [-0.1, -0.05) is 33.1 Å². The van der Waals surface area contributed by atoms with Crippen LogP contribution in [-0.4, -0.2) is 11.2 Å². The molecule has 1 N–H and O–H groups in total. The Labute approximate surface area is 76.2 Å². The van der Waals surface area contributed by atoms with Crippen LogP contribution in [0.1, 0.15) is 52.4 Å². The summed E-state index contributed by atoms with van der Waals surface area (Å²) in [7, 11) is 0. The van der Waals surface area contributed by atoms with Gasteiger partial charge < -0.3 is 5.11 Å². The van der Waals surface area contributed by atoms with Crippen LogP contribution >= 0.6 is 0 Å². The van der Waals surface area contributed by atoms with Gasteiger partial charge in [-0.3, -0.25) is 0 Å². The van der Waals surface area contributed by atoms with Crippen molar-refractivity contribution in [3.05, 3.63) is 0 Å². The van der Waals surface area contributed by atoms with E-state index in [4.69, 9.17) is 0 Å². The van der Waals surface area contributed by atoms with E-state index in [2.05, 4.69) is 13.8 Å². The number of unbranched alkanes of at least 4 members (excludes halogenated alkanes) is 2. The fourth-order valence-corrected chi connectivity index (χ4v) is 2.35. The van der Waals surface area contributed by atoms with Gasteiger partial charge in [0.05, 0.1) is 6.10 Å². The highest BCUT2D eigenvalue weighted by Crippen LogP contribution is 2.35. The predicted molar refractivity (Wildman–Crippen MR) is 52.0 cm³/mol. The molecule has 1 nitrogen and oxygen atoms in total. The van der Waals surface area contributed by atoms with E-state index < -0.39 is 0 Å². The molecule has 0 bridgehead atoms. The largest absolute Gasteiger partial charge is 0.393 e. The second-order valence-corrected chi connectivity index (χ2v) is 4.28. The summed E-state index contributed by atoms with van der Waals surface area (Å²) in [4.78, 5) is 0. The molecule has 1 heteroatoms. The van der Waals surface area contributed by atoms with Crippen LogP contribution in [0.15, 0.2) is 0 Å². The number of hydrogen-bond donors (Lipinski definition) is 1. The van der Waals surface area contributed by atoms with E-state index in [0.717, 1.165) is 12.3 Å². The molecular formula is C11H22O. The van der Waals surface area contributed by atoms with Crippen molar-refractivity contribution < 1.29 is 5.11 Å². The number of aliphatic hydroxyl groups is 1. The molecule has 1 fully saturated rings. The molecule has 0 aromatic carbocycles. The predicted octanol–water partition coefficient (Wildman–Crippen LogP) is 2.97. The van der Waals surface area contributed by atoms with Gasteiger partial charge in [-0.15, -0.1) is 0 Å². The Morgan fingerprint density at radius 2 is 2.00 bits per heavy atom. The molecule has 1 aliphatic rings. The van der Waals surface area contributed by atoms with Gasteiger partial charge in [0.15, 0.2) is 0 Å². The van der Waals surface area contributed by atoms with Gasteiger partial charge in [-0.2, -0.15) is 0 Å². The van der Waals surface area contributed by atoms with Crippen LogP contribution in [0.5, 0.6) is 0 Å². The lowest BCUT2D eigenvalue weighted by Crippen LogP contribution is -2.17. The van der Waals surface area contributed by atoms with E-state index in [9.17, 15) is 5.11 Å². The molecule has 1 saturated carbocycles. The first kappa shape index (κ1) is 10.0. The number of hydrogen-bond acceptors (Lipinski definition) is 1. The topological polar surface area (TPSA) is 20.2 Å². The van der Waals surface area contributed by atoms with E-state index in [1.807, 2.05) is 0 Å². The van der Waals surface area contributed by atoms with Gasteiger partial charge in [0.2, 0.25) is 0 Å². The summed E-state index contributed by atoms with van der Waals surface area (Å²) in [6, 6.07) is 0. The van der Waals surface area contributed by atoms with Crippen LogP contribution in [0.3, 0.4) is 0 Å². The summed E-state index contributed by atoms with van der Waals surface area (Å²) in [6.45, 7) is 4.52. The Hall–Kier alpha value is -0.0400. The average Bonchev–Trinajstić information content (AvgIpc) is 2.35. The van der Waals surface area contributed by atoms with Crippen molar-refractivity contribution in [3.63, 3.8) is 0 Å². The van der Waals surface area contributed by atoms with Crippen molar-refractivity contribution in [2.45, 2.75) is 58.5 Å². The highest BCUT2D eigenvalue weighted by molar-refractivity contribution is 4.81. The fourth-order valence-electron chi connectivity index (χ4n) is 2.35. The molecule has 0 heterocycles. The van der Waals surface area contributed by atoms with Gasteiger partial charge in [0, 0.05) is 0 Å². The minimum Gasteiger partial charge on any atom is -0.393 e. The maximum Gasteiger partial charge on any atom is 0.0571 e. The molecule has 3 atom stereocenters. The van der Waals surface area contributed by atoms with Gasteiger partial charge >= 0.3 is 0 Å². The third-order valence-corrected chi connectivity index (χ3v) is 3.28. The van der Waals surface area contributed by atoms with Gasteiger partial charge in [-0.05, 0) is 31.1 Å². The van der Waals surface area contributed by atoms with Crippen molar-refractivity contribution in [1.29, 1.82) is 0 Å². The lowest BCUT2D eigenvalue weighted by molar-refractivity contribution is 0.113. The van der Waals surface area contributed by atoms with Crippen molar-refractivity contribution >= 4 is 0 Å². The molecule has 0 amide bonds. The summed E-state index contributed by atoms with van der Waals surface area (Å²) in [5.41, 5.74) is 0. The molecule has 1 rings (SSSR count). The van der Waals surface area contributed by atoms with Crippen molar-refractivity contribution in [1.82, 2.24) is 0 Å². The SMILES string of the molecule is CCCCC[C@@H]1[C@@H](C)CC[C@@H]1O. The third kappa shape index (κ3) is 2.48. The molecule has 0 saturated heterocycles. The highest BCUT2D eigenvalue weighted by Gasteiger charge is 2.30. The maximum absolute atomic E-state index is 9.66. The highest BCUT2D eigenvalue weighted by atomic mass is 16.3. The normalized spacial score (nSPS) is 35.8. The van der Waals surface area contributed by atoms with Gasteiger partial charge in [-0.25, -0.2) is 0 Å². The third-order valence-electron chi connectivity index (χ3n) is 3.28. The van der Waals surface area contributed by atoms with E-state index in [1.165, 1.54) is 32.1 Å². The minimum absolute atomic E-state index is 0.0110. The number of rotatable bonds is 4. The summed E-state index contributed by atoms with van der Waals surface area (Å²) < 4.78 is 0. The zero-order valence-corrected chi connectivity index (χ0v) is 8.42. The molecule has 72 valence electrons. The second kappa shape index (κ2) is 4.86. The average molecular weight is 170 g/mol. The van der Waals surface area contributed by atoms with E-state index in [0.29, 0.717) is 5.92 Å². The van der Waals surface area contributed by atoms with Crippen LogP contribution in [0.4, 0.5) is 0 Å². The van der Waals surface area contributed by atoms with Crippen molar-refractivity contribution in [2.75, 3.05) is 0 Å². The smallest absolute Gasteiger partial charge is 0.0571 e. The van der Waals surface area contributed by atoms with Crippen LogP contribution in [-0.2, 0) is 0 Å². The summed E-state index contributed by atoms with van der Waals surface area (Å²) in [6.07, 6.45) is 7.46. The zero-order valence-electron chi connectivity index (χ0n) is 8.42. The molecule has 0 aliphatic heterocycles. The lowest BCUT2D eigenvalue weighted by atomic mass is 9.91. The molecule has 1 aliphatic carbocycles. The Morgan fingerprint density at radius 1 is 1.25 bits per heavy atom. The molecule has 0 unspecified atom stereocenters. The second-order valence-electron chi connectivity index (χ2n) is 4.28. The van der Waals surface area contributed by atoms with E-state index >= 15 is 0 Å². The first-order chi connectivity index (χ1) is 5.75. The Kier molecular flexibility index (Phi) is 4.07. The summed E-state index contributed by atoms with van der Waals surface area (Å²) in [5.74, 6) is 1.37. The minimum atomic E-state index is 0.0110. The monoisotopic (exact) mass is 170 g/mol. The zero-order chi connectivity index (χ0) is 8.97. The van der Waals surface area contributed by atoms with Gasteiger partial charge in [0.1, 0.15) is 0 Å². The first-order valence-electron chi connectivity index (χ1n) is 5.43. The quantitative estimate of drug-likeness (QED) is 0.643. The molecule has 0 aromatic rings. The van der Waals surface area contributed by atoms with Crippen LogP contribution in [0, 0.1) is 11.8 Å². The molecule has 0 radical (unpaired) electrons. The Balaban J connectivity index is 2.20. The van der Waals surface area contributed by atoms with Crippen LogP contribution < -0.4 is 0 Å². The van der Waals surface area contributed by atoms with Crippen LogP contribution in [0.2, 0.25) is 0 Å². The van der Waals surface area contributed by atoms with Crippen LogP contribution in [0.25, 0.3) is 0 Å². The van der Waals surface area contributed by atoms with Crippen molar-refractivity contribution in [2.24, 2.45) is 11.8 Å². The summed E-state index contributed by atoms with van der Waals surface area (Å²) >= 11 is 0. The maximum atomic E-state index is 9.66. The fraction of sp³-hybridized carbons (Fsp3) is 1.00. The molecular weight excluding hydrogens is 148 g/mol. The molecule has 0 aromatic heterocycles. The van der Waals surface area contributed by atoms with E-state index in [-0.39, 0.29) is 6.10 Å². The summed E-state index contributed by atoms with van der Waals surface area (Å²) in [5, 5.41) is 9.66. The van der Waals surface area contributed by atoms with Crippen molar-refractivity contribution in [3.8, 4) is 0 Å². The first-order valence-corrected chi connectivity index (χ1v) is 5.43. The Morgan fingerprint density at radius 3 is 2.50 bits per heavy atom. The standard InChI is InChI=1S/C11H22O/c1-3-4-5-6-10-9(2)7-8-11(10)12/h9-12H,3-8H2,1-2H3/t9-,10+,11-/m0/s1. The molecule has 0 spiro atoms. The number of aliphatic hydroxyl groups excluding tert-OH is 1.